The lowest BCUT2D eigenvalue weighted by Crippen LogP contribution is -2.43. The normalized spacial score (nSPS) is 10.5. The molecule has 0 heterocycles. The van der Waals surface area contributed by atoms with Crippen LogP contribution in [0.4, 0.5) is 4.79 Å². The number of halogens is 1. The molecule has 1 aromatic carbocycles. The van der Waals surface area contributed by atoms with Crippen LogP contribution >= 0.6 is 11.6 Å². The highest BCUT2D eigenvalue weighted by atomic mass is 35.5. The van der Waals surface area contributed by atoms with Gasteiger partial charge in [-0.2, -0.15) is 0 Å². The Morgan fingerprint density at radius 1 is 1.23 bits per heavy atom. The SMILES string of the molecule is CC(C)NC(=O)NC(=O)COC(=O)/C=C/c1ccc(Cl)cc1. The lowest BCUT2D eigenvalue weighted by atomic mass is 10.2. The third-order valence-electron chi connectivity index (χ3n) is 2.30. The number of hydrogen-bond acceptors (Lipinski definition) is 4. The summed E-state index contributed by atoms with van der Waals surface area (Å²) in [5.41, 5.74) is 0.766. The van der Waals surface area contributed by atoms with E-state index in [9.17, 15) is 14.4 Å². The smallest absolute Gasteiger partial charge is 0.331 e. The molecule has 0 fully saturated rings. The fourth-order valence-electron chi connectivity index (χ4n) is 1.38. The molecular weight excluding hydrogens is 308 g/mol. The Hall–Kier alpha value is -2.34. The Bertz CT molecular complexity index is 567. The maximum Gasteiger partial charge on any atom is 0.331 e. The van der Waals surface area contributed by atoms with Gasteiger partial charge in [0.2, 0.25) is 0 Å². The van der Waals surface area contributed by atoms with Crippen molar-refractivity contribution in [3.8, 4) is 0 Å². The highest BCUT2D eigenvalue weighted by Gasteiger charge is 2.10. The molecule has 0 atom stereocenters. The standard InChI is InChI=1S/C15H17ClN2O4/c1-10(2)17-15(21)18-13(19)9-22-14(20)8-5-11-3-6-12(16)7-4-11/h3-8,10H,9H2,1-2H3,(H2,17,18,19,21)/b8-5+. The van der Waals surface area contributed by atoms with Crippen molar-refractivity contribution >= 4 is 35.6 Å². The fraction of sp³-hybridized carbons (Fsp3) is 0.267. The van der Waals surface area contributed by atoms with Crippen molar-refractivity contribution in [1.82, 2.24) is 10.6 Å². The third-order valence-corrected chi connectivity index (χ3v) is 2.55. The molecular formula is C15H17ClN2O4. The first-order valence-electron chi connectivity index (χ1n) is 6.57. The number of carbonyl (C=O) groups is 3. The van der Waals surface area contributed by atoms with Crippen molar-refractivity contribution in [2.45, 2.75) is 19.9 Å². The third kappa shape index (κ3) is 7.44. The molecule has 118 valence electrons. The molecule has 0 aliphatic carbocycles. The van der Waals surface area contributed by atoms with Crippen LogP contribution in [0.15, 0.2) is 30.3 Å². The second-order valence-electron chi connectivity index (χ2n) is 4.67. The topological polar surface area (TPSA) is 84.5 Å². The molecule has 7 heteroatoms. The average molecular weight is 325 g/mol. The Morgan fingerprint density at radius 2 is 1.86 bits per heavy atom. The molecule has 0 bridgehead atoms. The van der Waals surface area contributed by atoms with E-state index in [0.29, 0.717) is 5.02 Å². The van der Waals surface area contributed by atoms with Crippen LogP contribution in [-0.2, 0) is 14.3 Å². The molecule has 0 unspecified atom stereocenters. The number of amides is 3. The van der Waals surface area contributed by atoms with Gasteiger partial charge in [-0.05, 0) is 37.6 Å². The van der Waals surface area contributed by atoms with Crippen molar-refractivity contribution in [3.63, 3.8) is 0 Å². The van der Waals surface area contributed by atoms with Crippen LogP contribution in [0.5, 0.6) is 0 Å². The number of nitrogens with one attached hydrogen (secondary N) is 2. The van der Waals surface area contributed by atoms with Gasteiger partial charge in [0.15, 0.2) is 6.61 Å². The van der Waals surface area contributed by atoms with Gasteiger partial charge in [0.05, 0.1) is 0 Å². The Labute approximate surface area is 133 Å². The van der Waals surface area contributed by atoms with Gasteiger partial charge in [0.1, 0.15) is 0 Å². The van der Waals surface area contributed by atoms with Crippen molar-refractivity contribution in [2.75, 3.05) is 6.61 Å². The number of imide groups is 1. The highest BCUT2D eigenvalue weighted by molar-refractivity contribution is 6.30. The van der Waals surface area contributed by atoms with Gasteiger partial charge in [-0.1, -0.05) is 23.7 Å². The van der Waals surface area contributed by atoms with Crippen LogP contribution in [-0.4, -0.2) is 30.6 Å². The molecule has 0 saturated heterocycles. The molecule has 0 saturated carbocycles. The van der Waals surface area contributed by atoms with Crippen LogP contribution in [0.1, 0.15) is 19.4 Å². The first kappa shape index (κ1) is 17.7. The lowest BCUT2D eigenvalue weighted by Gasteiger charge is -2.08. The second kappa shape index (κ2) is 8.84. The minimum absolute atomic E-state index is 0.0994. The van der Waals surface area contributed by atoms with Gasteiger partial charge in [-0.25, -0.2) is 9.59 Å². The maximum absolute atomic E-state index is 11.4. The van der Waals surface area contributed by atoms with Crippen LogP contribution in [0, 0.1) is 0 Å². The quantitative estimate of drug-likeness (QED) is 0.642. The zero-order chi connectivity index (χ0) is 16.5. The molecule has 1 rings (SSSR count). The zero-order valence-electron chi connectivity index (χ0n) is 12.3. The van der Waals surface area contributed by atoms with E-state index in [-0.39, 0.29) is 6.04 Å². The summed E-state index contributed by atoms with van der Waals surface area (Å²) < 4.78 is 4.71. The molecule has 22 heavy (non-hydrogen) atoms. The Morgan fingerprint density at radius 3 is 2.45 bits per heavy atom. The van der Waals surface area contributed by atoms with Gasteiger partial charge in [-0.15, -0.1) is 0 Å². The van der Waals surface area contributed by atoms with Gasteiger partial charge < -0.3 is 10.1 Å². The number of carbonyl (C=O) groups excluding carboxylic acids is 3. The summed E-state index contributed by atoms with van der Waals surface area (Å²) in [6.45, 7) is 2.98. The van der Waals surface area contributed by atoms with Crippen LogP contribution in [0.3, 0.4) is 0 Å². The van der Waals surface area contributed by atoms with Crippen molar-refractivity contribution in [2.24, 2.45) is 0 Å². The predicted octanol–water partition coefficient (Wildman–Crippen LogP) is 2.13. The average Bonchev–Trinajstić information content (AvgIpc) is 2.43. The van der Waals surface area contributed by atoms with E-state index in [1.807, 2.05) is 5.32 Å². The van der Waals surface area contributed by atoms with Crippen molar-refractivity contribution < 1.29 is 19.1 Å². The van der Waals surface area contributed by atoms with Crippen LogP contribution < -0.4 is 10.6 Å². The zero-order valence-corrected chi connectivity index (χ0v) is 13.0. The molecule has 3 amide bonds. The van der Waals surface area contributed by atoms with Gasteiger partial charge in [0.25, 0.3) is 5.91 Å². The van der Waals surface area contributed by atoms with Crippen molar-refractivity contribution in [1.29, 1.82) is 0 Å². The van der Waals surface area contributed by atoms with E-state index in [0.717, 1.165) is 5.56 Å². The maximum atomic E-state index is 11.4. The number of hydrogen-bond donors (Lipinski definition) is 2. The molecule has 2 N–H and O–H groups in total. The number of benzene rings is 1. The minimum atomic E-state index is -0.702. The van der Waals surface area contributed by atoms with E-state index in [1.54, 1.807) is 38.1 Å². The van der Waals surface area contributed by atoms with Gasteiger partial charge >= 0.3 is 12.0 Å². The Balaban J connectivity index is 2.35. The summed E-state index contributed by atoms with van der Waals surface area (Å²) in [6.07, 6.45) is 2.72. The Kier molecular flexibility index (Phi) is 7.12. The first-order chi connectivity index (χ1) is 10.4. The van der Waals surface area contributed by atoms with Crippen molar-refractivity contribution in [3.05, 3.63) is 40.9 Å². The molecule has 0 spiro atoms. The number of rotatable bonds is 5. The summed E-state index contributed by atoms with van der Waals surface area (Å²) in [5.74, 6) is -1.39. The predicted molar refractivity (Wildman–Crippen MR) is 83.3 cm³/mol. The van der Waals surface area contributed by atoms with Crippen LogP contribution in [0.25, 0.3) is 6.08 Å². The largest absolute Gasteiger partial charge is 0.452 e. The molecule has 0 aromatic heterocycles. The van der Waals surface area contributed by atoms with E-state index in [1.165, 1.54) is 12.2 Å². The van der Waals surface area contributed by atoms with E-state index in [4.69, 9.17) is 16.3 Å². The number of esters is 1. The van der Waals surface area contributed by atoms with E-state index >= 15 is 0 Å². The molecule has 0 aliphatic rings. The number of urea groups is 1. The lowest BCUT2D eigenvalue weighted by molar-refractivity contribution is -0.143. The summed E-state index contributed by atoms with van der Waals surface area (Å²) >= 11 is 5.74. The summed E-state index contributed by atoms with van der Waals surface area (Å²) in [7, 11) is 0. The van der Waals surface area contributed by atoms with Gasteiger partial charge in [-0.3, -0.25) is 10.1 Å². The first-order valence-corrected chi connectivity index (χ1v) is 6.95. The molecule has 1 aromatic rings. The second-order valence-corrected chi connectivity index (χ2v) is 5.11. The van der Waals surface area contributed by atoms with Gasteiger partial charge in [0, 0.05) is 17.1 Å². The minimum Gasteiger partial charge on any atom is -0.452 e. The summed E-state index contributed by atoms with van der Waals surface area (Å²) in [5, 5.41) is 5.11. The molecule has 0 radical (unpaired) electrons. The molecule has 0 aliphatic heterocycles. The fourth-order valence-corrected chi connectivity index (χ4v) is 1.51. The number of ether oxygens (including phenoxy) is 1. The highest BCUT2D eigenvalue weighted by Crippen LogP contribution is 2.10. The van der Waals surface area contributed by atoms with E-state index < -0.39 is 24.5 Å². The summed E-state index contributed by atoms with van der Waals surface area (Å²) in [6, 6.07) is 6.11. The molecule has 6 nitrogen and oxygen atoms in total. The van der Waals surface area contributed by atoms with Crippen LogP contribution in [0.2, 0.25) is 5.02 Å². The summed E-state index contributed by atoms with van der Waals surface area (Å²) in [4.78, 5) is 34.0. The van der Waals surface area contributed by atoms with E-state index in [2.05, 4.69) is 5.32 Å². The monoisotopic (exact) mass is 324 g/mol.